The number of carbonyl (C=O) groups is 2. The van der Waals surface area contributed by atoms with Gasteiger partial charge in [-0.2, -0.15) is 0 Å². The zero-order valence-electron chi connectivity index (χ0n) is 10.3. The highest BCUT2D eigenvalue weighted by Crippen LogP contribution is 2.08. The van der Waals surface area contributed by atoms with E-state index >= 15 is 0 Å². The van der Waals surface area contributed by atoms with Gasteiger partial charge in [0.2, 0.25) is 0 Å². The Kier molecular flexibility index (Phi) is 5.32. The van der Waals surface area contributed by atoms with E-state index in [9.17, 15) is 9.59 Å². The molecule has 1 rings (SSSR count). The van der Waals surface area contributed by atoms with E-state index in [1.165, 1.54) is 4.90 Å². The molecular weight excluding hydrogens is 234 g/mol. The average Bonchev–Trinajstić information content (AvgIpc) is 2.37. The number of amides is 1. The maximum Gasteiger partial charge on any atom is 0.323 e. The van der Waals surface area contributed by atoms with E-state index in [2.05, 4.69) is 0 Å². The summed E-state index contributed by atoms with van der Waals surface area (Å²) in [4.78, 5) is 24.1. The van der Waals surface area contributed by atoms with Gasteiger partial charge >= 0.3 is 5.97 Å². The Hall–Kier alpha value is -1.88. The highest BCUT2D eigenvalue weighted by molar-refractivity contribution is 5.95. The van der Waals surface area contributed by atoms with Gasteiger partial charge in [0.05, 0.1) is 6.61 Å². The summed E-state index contributed by atoms with van der Waals surface area (Å²) in [6.07, 6.45) is 0.702. The summed E-state index contributed by atoms with van der Waals surface area (Å²) >= 11 is 0. The molecule has 0 aliphatic heterocycles. The van der Waals surface area contributed by atoms with Crippen LogP contribution in [0.25, 0.3) is 0 Å². The van der Waals surface area contributed by atoms with Gasteiger partial charge < -0.3 is 15.1 Å². The third-order valence-corrected chi connectivity index (χ3v) is 2.49. The number of aliphatic carboxylic acids is 1. The summed E-state index contributed by atoms with van der Waals surface area (Å²) in [6, 6.07) is 6.49. The van der Waals surface area contributed by atoms with Crippen LogP contribution in [0.15, 0.2) is 24.3 Å². The first-order chi connectivity index (χ1) is 8.58. The van der Waals surface area contributed by atoms with Crippen molar-refractivity contribution in [1.82, 2.24) is 4.90 Å². The molecule has 0 spiro atoms. The van der Waals surface area contributed by atoms with Gasteiger partial charge in [-0.3, -0.25) is 9.59 Å². The third-order valence-electron chi connectivity index (χ3n) is 2.49. The Morgan fingerprint density at radius 1 is 1.22 bits per heavy atom. The van der Waals surface area contributed by atoms with E-state index in [4.69, 9.17) is 10.2 Å². The summed E-state index contributed by atoms with van der Waals surface area (Å²) in [5.74, 6) is -1.33. The number of carboxylic acids is 1. The Balaban J connectivity index is 2.83. The highest BCUT2D eigenvalue weighted by atomic mass is 16.4. The molecule has 0 radical (unpaired) electrons. The zero-order chi connectivity index (χ0) is 13.5. The maximum atomic E-state index is 12.1. The normalized spacial score (nSPS) is 10.1. The molecule has 98 valence electrons. The van der Waals surface area contributed by atoms with E-state index in [1.54, 1.807) is 24.3 Å². The number of nitrogens with zero attached hydrogens (tertiary/aromatic N) is 1. The molecule has 1 aromatic rings. The lowest BCUT2D eigenvalue weighted by Gasteiger charge is -2.20. The zero-order valence-corrected chi connectivity index (χ0v) is 10.3. The minimum Gasteiger partial charge on any atom is -0.480 e. The first-order valence-electron chi connectivity index (χ1n) is 5.79. The van der Waals surface area contributed by atoms with Crippen LogP contribution in [0, 0.1) is 0 Å². The van der Waals surface area contributed by atoms with Crippen LogP contribution in [0.5, 0.6) is 0 Å². The van der Waals surface area contributed by atoms with Gasteiger partial charge in [0.1, 0.15) is 6.54 Å². The Bertz CT molecular complexity index is 414. The Morgan fingerprint density at radius 2 is 1.83 bits per heavy atom. The standard InChI is InChI=1S/C13H17NO4/c1-2-7-14(8-12(16)17)13(18)11-5-3-10(9-15)4-6-11/h3-6,15H,2,7-9H2,1H3,(H,16,17). The topological polar surface area (TPSA) is 77.8 Å². The van der Waals surface area contributed by atoms with E-state index in [1.807, 2.05) is 6.92 Å². The number of rotatable bonds is 6. The quantitative estimate of drug-likeness (QED) is 0.794. The molecule has 0 fully saturated rings. The summed E-state index contributed by atoms with van der Waals surface area (Å²) in [7, 11) is 0. The van der Waals surface area contributed by atoms with Crippen LogP contribution in [0.4, 0.5) is 0 Å². The largest absolute Gasteiger partial charge is 0.480 e. The van der Waals surface area contributed by atoms with Crippen molar-refractivity contribution in [3.05, 3.63) is 35.4 Å². The molecule has 0 aliphatic rings. The van der Waals surface area contributed by atoms with Crippen LogP contribution in [-0.4, -0.2) is 40.1 Å². The molecule has 5 nitrogen and oxygen atoms in total. The second-order valence-corrected chi connectivity index (χ2v) is 3.98. The van der Waals surface area contributed by atoms with Gasteiger partial charge in [-0.25, -0.2) is 0 Å². The van der Waals surface area contributed by atoms with Crippen molar-refractivity contribution in [2.45, 2.75) is 20.0 Å². The summed E-state index contributed by atoms with van der Waals surface area (Å²) in [5, 5.41) is 17.7. The van der Waals surface area contributed by atoms with Gasteiger partial charge in [-0.05, 0) is 24.1 Å². The lowest BCUT2D eigenvalue weighted by Crippen LogP contribution is -2.36. The molecule has 2 N–H and O–H groups in total. The monoisotopic (exact) mass is 251 g/mol. The molecular formula is C13H17NO4. The van der Waals surface area contributed by atoms with Crippen LogP contribution in [-0.2, 0) is 11.4 Å². The van der Waals surface area contributed by atoms with E-state index in [0.717, 1.165) is 0 Å². The molecule has 18 heavy (non-hydrogen) atoms. The van der Waals surface area contributed by atoms with Crippen LogP contribution in [0.1, 0.15) is 29.3 Å². The van der Waals surface area contributed by atoms with Crippen LogP contribution in [0.3, 0.4) is 0 Å². The number of aliphatic hydroxyl groups is 1. The average molecular weight is 251 g/mol. The van der Waals surface area contributed by atoms with Crippen molar-refractivity contribution >= 4 is 11.9 Å². The van der Waals surface area contributed by atoms with Crippen LogP contribution >= 0.6 is 0 Å². The fourth-order valence-corrected chi connectivity index (χ4v) is 1.62. The highest BCUT2D eigenvalue weighted by Gasteiger charge is 2.17. The Morgan fingerprint density at radius 3 is 2.28 bits per heavy atom. The molecule has 5 heteroatoms. The number of carbonyl (C=O) groups excluding carboxylic acids is 1. The number of hydrogen-bond acceptors (Lipinski definition) is 3. The smallest absolute Gasteiger partial charge is 0.323 e. The second kappa shape index (κ2) is 6.76. The number of carboxylic acid groups (broad SMARTS) is 1. The molecule has 0 aliphatic carbocycles. The predicted molar refractivity (Wildman–Crippen MR) is 66.2 cm³/mol. The van der Waals surface area contributed by atoms with Gasteiger partial charge in [-0.15, -0.1) is 0 Å². The molecule has 1 aromatic carbocycles. The molecule has 0 unspecified atom stereocenters. The van der Waals surface area contributed by atoms with Crippen molar-refractivity contribution in [3.8, 4) is 0 Å². The molecule has 1 amide bonds. The van der Waals surface area contributed by atoms with Crippen molar-refractivity contribution in [2.24, 2.45) is 0 Å². The number of benzene rings is 1. The van der Waals surface area contributed by atoms with Crippen LogP contribution < -0.4 is 0 Å². The molecule has 0 bridgehead atoms. The minimum atomic E-state index is -1.02. The van der Waals surface area contributed by atoms with Crippen LogP contribution in [0.2, 0.25) is 0 Å². The molecule has 0 saturated carbocycles. The minimum absolute atomic E-state index is 0.0811. The predicted octanol–water partition coefficient (Wildman–Crippen LogP) is 1.12. The fraction of sp³-hybridized carbons (Fsp3) is 0.385. The SMILES string of the molecule is CCCN(CC(=O)O)C(=O)c1ccc(CO)cc1. The summed E-state index contributed by atoms with van der Waals surface area (Å²) in [6.45, 7) is 1.92. The number of hydrogen-bond donors (Lipinski definition) is 2. The second-order valence-electron chi connectivity index (χ2n) is 3.98. The third kappa shape index (κ3) is 3.85. The fourth-order valence-electron chi connectivity index (χ4n) is 1.62. The lowest BCUT2D eigenvalue weighted by molar-refractivity contribution is -0.137. The molecule has 0 heterocycles. The van der Waals surface area contributed by atoms with Crippen molar-refractivity contribution in [1.29, 1.82) is 0 Å². The van der Waals surface area contributed by atoms with Crippen molar-refractivity contribution < 1.29 is 19.8 Å². The van der Waals surface area contributed by atoms with Gasteiger partial charge in [0.15, 0.2) is 0 Å². The van der Waals surface area contributed by atoms with Crippen molar-refractivity contribution in [3.63, 3.8) is 0 Å². The van der Waals surface area contributed by atoms with Gasteiger partial charge in [0.25, 0.3) is 5.91 Å². The number of aliphatic hydroxyl groups excluding tert-OH is 1. The summed E-state index contributed by atoms with van der Waals surface area (Å²) in [5.41, 5.74) is 1.15. The van der Waals surface area contributed by atoms with Crippen molar-refractivity contribution in [2.75, 3.05) is 13.1 Å². The van der Waals surface area contributed by atoms with E-state index < -0.39 is 5.97 Å². The lowest BCUT2D eigenvalue weighted by atomic mass is 10.1. The molecule has 0 saturated heterocycles. The Labute approximate surface area is 106 Å². The molecule has 0 atom stereocenters. The van der Waals surface area contributed by atoms with E-state index in [0.29, 0.717) is 24.1 Å². The first-order valence-corrected chi connectivity index (χ1v) is 5.79. The maximum absolute atomic E-state index is 12.1. The van der Waals surface area contributed by atoms with Gasteiger partial charge in [-0.1, -0.05) is 19.1 Å². The van der Waals surface area contributed by atoms with Gasteiger partial charge in [0, 0.05) is 12.1 Å². The first kappa shape index (κ1) is 14.2. The van der Waals surface area contributed by atoms with E-state index in [-0.39, 0.29) is 19.1 Å². The summed E-state index contributed by atoms with van der Waals surface area (Å²) < 4.78 is 0. The molecule has 0 aromatic heterocycles.